The Bertz CT molecular complexity index is 1230. The lowest BCUT2D eigenvalue weighted by Crippen LogP contribution is -2.48. The molecule has 1 fully saturated rings. The van der Waals surface area contributed by atoms with Gasteiger partial charge >= 0.3 is 0 Å². The molecule has 0 saturated carbocycles. The SMILES string of the molecule is COc1cc(/C=C2\CCCN3C2=NC=CN3c2ccc(F)cc2)ccc1-n1cnc(C)c1. The first-order valence-electron chi connectivity index (χ1n) is 10.6. The van der Waals surface area contributed by atoms with Crippen LogP contribution in [0.25, 0.3) is 11.8 Å². The molecular formula is C25H24FN5O. The lowest BCUT2D eigenvalue weighted by Gasteiger charge is -2.41. The maximum atomic E-state index is 13.4. The minimum Gasteiger partial charge on any atom is -0.495 e. The molecule has 5 rings (SSSR count). The van der Waals surface area contributed by atoms with Crippen molar-refractivity contribution in [2.75, 3.05) is 18.7 Å². The summed E-state index contributed by atoms with van der Waals surface area (Å²) in [6.45, 7) is 2.81. The highest BCUT2D eigenvalue weighted by molar-refractivity contribution is 6.04. The molecule has 7 heteroatoms. The third kappa shape index (κ3) is 3.77. The highest BCUT2D eigenvalue weighted by Gasteiger charge is 2.27. The molecule has 2 aliphatic rings. The summed E-state index contributed by atoms with van der Waals surface area (Å²) in [7, 11) is 1.68. The molecule has 0 aliphatic carbocycles. The fraction of sp³-hybridized carbons (Fsp3) is 0.200. The van der Waals surface area contributed by atoms with Crippen molar-refractivity contribution in [1.29, 1.82) is 0 Å². The Morgan fingerprint density at radius 3 is 2.72 bits per heavy atom. The molecule has 0 N–H and O–H groups in total. The molecule has 6 nitrogen and oxygen atoms in total. The van der Waals surface area contributed by atoms with Gasteiger partial charge in [-0.2, -0.15) is 0 Å². The highest BCUT2D eigenvalue weighted by atomic mass is 19.1. The van der Waals surface area contributed by atoms with Crippen LogP contribution in [0.4, 0.5) is 10.1 Å². The lowest BCUT2D eigenvalue weighted by atomic mass is 10.0. The second-order valence-corrected chi connectivity index (χ2v) is 7.82. The molecule has 1 saturated heterocycles. The van der Waals surface area contributed by atoms with E-state index in [1.54, 1.807) is 31.8 Å². The quantitative estimate of drug-likeness (QED) is 0.578. The second-order valence-electron chi connectivity index (χ2n) is 7.82. The van der Waals surface area contributed by atoms with Crippen molar-refractivity contribution in [3.63, 3.8) is 0 Å². The number of aliphatic imine (C=N–C) groups is 1. The van der Waals surface area contributed by atoms with Crippen molar-refractivity contribution < 1.29 is 9.13 Å². The number of hydrogen-bond donors (Lipinski definition) is 0. The summed E-state index contributed by atoms with van der Waals surface area (Å²) in [6, 6.07) is 12.7. The minimum absolute atomic E-state index is 0.244. The average Bonchev–Trinajstić information content (AvgIpc) is 3.25. The van der Waals surface area contributed by atoms with E-state index in [2.05, 4.69) is 27.1 Å². The highest BCUT2D eigenvalue weighted by Crippen LogP contribution is 2.31. The number of benzene rings is 2. The summed E-state index contributed by atoms with van der Waals surface area (Å²) in [6.07, 6.45) is 11.6. The molecule has 2 aliphatic heterocycles. The second kappa shape index (κ2) is 8.34. The number of amidine groups is 1. The van der Waals surface area contributed by atoms with Crippen molar-refractivity contribution >= 4 is 17.6 Å². The number of rotatable bonds is 4. The van der Waals surface area contributed by atoms with Gasteiger partial charge in [0.2, 0.25) is 0 Å². The molecule has 0 radical (unpaired) electrons. The Balaban J connectivity index is 1.46. The summed E-state index contributed by atoms with van der Waals surface area (Å²) in [5, 5.41) is 4.17. The van der Waals surface area contributed by atoms with E-state index >= 15 is 0 Å². The minimum atomic E-state index is -0.244. The molecule has 0 atom stereocenters. The normalized spacial score (nSPS) is 16.8. The van der Waals surface area contributed by atoms with Gasteiger partial charge in [-0.15, -0.1) is 0 Å². The zero-order chi connectivity index (χ0) is 22.1. The van der Waals surface area contributed by atoms with Crippen LogP contribution in [0, 0.1) is 12.7 Å². The Kier molecular flexibility index (Phi) is 5.23. The first-order chi connectivity index (χ1) is 15.6. The maximum Gasteiger partial charge on any atom is 0.150 e. The summed E-state index contributed by atoms with van der Waals surface area (Å²) in [5.74, 6) is 1.45. The third-order valence-electron chi connectivity index (χ3n) is 5.64. The van der Waals surface area contributed by atoms with Crippen molar-refractivity contribution in [3.8, 4) is 11.4 Å². The van der Waals surface area contributed by atoms with E-state index < -0.39 is 0 Å². The monoisotopic (exact) mass is 429 g/mol. The average molecular weight is 429 g/mol. The Labute approximate surface area is 186 Å². The number of hydrogen-bond acceptors (Lipinski definition) is 5. The molecule has 3 heterocycles. The number of nitrogens with zero attached hydrogens (tertiary/aromatic N) is 5. The van der Waals surface area contributed by atoms with Crippen molar-refractivity contribution in [3.05, 3.63) is 90.0 Å². The van der Waals surface area contributed by atoms with E-state index in [1.165, 1.54) is 12.1 Å². The smallest absolute Gasteiger partial charge is 0.150 e. The van der Waals surface area contributed by atoms with Gasteiger partial charge in [-0.05, 0) is 73.4 Å². The van der Waals surface area contributed by atoms with Gasteiger partial charge in [0, 0.05) is 25.1 Å². The number of hydrazine groups is 1. The molecule has 0 bridgehead atoms. The van der Waals surface area contributed by atoms with E-state index in [1.807, 2.05) is 41.0 Å². The van der Waals surface area contributed by atoms with Crippen molar-refractivity contribution in [1.82, 2.24) is 14.6 Å². The fourth-order valence-corrected chi connectivity index (χ4v) is 4.12. The number of imidazole rings is 1. The van der Waals surface area contributed by atoms with Crippen LogP contribution in [0.1, 0.15) is 24.1 Å². The predicted molar refractivity (Wildman–Crippen MR) is 124 cm³/mol. The number of aryl methyl sites for hydroxylation is 1. The zero-order valence-corrected chi connectivity index (χ0v) is 18.1. The van der Waals surface area contributed by atoms with Gasteiger partial charge in [-0.3, -0.25) is 10.0 Å². The summed E-state index contributed by atoms with van der Waals surface area (Å²) in [4.78, 5) is 8.98. The number of aromatic nitrogens is 2. The zero-order valence-electron chi connectivity index (χ0n) is 18.1. The number of piperidine rings is 1. The van der Waals surface area contributed by atoms with E-state index in [0.717, 1.165) is 59.2 Å². The molecule has 1 aromatic heterocycles. The standard InChI is InChI=1S/C25H24FN5O/c1-18-16-29(17-28-18)23-10-5-19(15-24(23)32-2)14-20-4-3-12-31-25(20)27-11-13-30(31)22-8-6-21(26)7-9-22/h5-11,13-17H,3-4,12H2,1-2H3/b20-14+. The Hall–Kier alpha value is -3.87. The van der Waals surface area contributed by atoms with E-state index in [-0.39, 0.29) is 5.82 Å². The van der Waals surface area contributed by atoms with E-state index in [0.29, 0.717) is 0 Å². The number of halogens is 1. The lowest BCUT2D eigenvalue weighted by molar-refractivity contribution is 0.390. The van der Waals surface area contributed by atoms with Crippen LogP contribution in [0.15, 0.2) is 78.0 Å². The van der Waals surface area contributed by atoms with Crippen LogP contribution < -0.4 is 9.75 Å². The Morgan fingerprint density at radius 2 is 1.97 bits per heavy atom. The third-order valence-corrected chi connectivity index (χ3v) is 5.64. The van der Waals surface area contributed by atoms with Crippen molar-refractivity contribution in [2.24, 2.45) is 4.99 Å². The van der Waals surface area contributed by atoms with Gasteiger partial charge in [-0.1, -0.05) is 6.07 Å². The van der Waals surface area contributed by atoms with Gasteiger partial charge in [0.1, 0.15) is 11.6 Å². The molecular weight excluding hydrogens is 405 g/mol. The van der Waals surface area contributed by atoms with Crippen LogP contribution in [0.2, 0.25) is 0 Å². The Morgan fingerprint density at radius 1 is 1.12 bits per heavy atom. The van der Waals surface area contributed by atoms with Crippen LogP contribution in [-0.4, -0.2) is 34.1 Å². The van der Waals surface area contributed by atoms with Crippen LogP contribution in [0.3, 0.4) is 0 Å². The van der Waals surface area contributed by atoms with E-state index in [4.69, 9.17) is 4.74 Å². The molecule has 32 heavy (non-hydrogen) atoms. The summed E-state index contributed by atoms with van der Waals surface area (Å²) in [5.41, 5.74) is 5.00. The number of fused-ring (bicyclic) bond motifs is 1. The molecule has 0 unspecified atom stereocenters. The predicted octanol–water partition coefficient (Wildman–Crippen LogP) is 5.11. The maximum absolute atomic E-state index is 13.4. The molecule has 0 amide bonds. The fourth-order valence-electron chi connectivity index (χ4n) is 4.12. The topological polar surface area (TPSA) is 45.9 Å². The molecule has 162 valence electrons. The first kappa shape index (κ1) is 20.1. The largest absolute Gasteiger partial charge is 0.495 e. The van der Waals surface area contributed by atoms with Crippen molar-refractivity contribution in [2.45, 2.75) is 19.8 Å². The van der Waals surface area contributed by atoms with Gasteiger partial charge in [0.05, 0.1) is 30.5 Å². The van der Waals surface area contributed by atoms with Gasteiger partial charge in [0.25, 0.3) is 0 Å². The molecule has 0 spiro atoms. The van der Waals surface area contributed by atoms with Crippen LogP contribution in [-0.2, 0) is 0 Å². The van der Waals surface area contributed by atoms with Gasteiger partial charge in [0.15, 0.2) is 5.84 Å². The van der Waals surface area contributed by atoms with Crippen LogP contribution in [0.5, 0.6) is 5.75 Å². The first-order valence-corrected chi connectivity index (χ1v) is 10.6. The summed E-state index contributed by atoms with van der Waals surface area (Å²) >= 11 is 0. The molecule has 3 aromatic rings. The summed E-state index contributed by atoms with van der Waals surface area (Å²) < 4.78 is 21.0. The number of ether oxygens (including phenoxy) is 1. The van der Waals surface area contributed by atoms with Crippen LogP contribution >= 0.6 is 0 Å². The van der Waals surface area contributed by atoms with E-state index in [9.17, 15) is 4.39 Å². The van der Waals surface area contributed by atoms with Gasteiger partial charge < -0.3 is 9.30 Å². The number of anilines is 1. The number of methoxy groups -OCH3 is 1. The molecule has 2 aromatic carbocycles. The van der Waals surface area contributed by atoms with Gasteiger partial charge in [-0.25, -0.2) is 14.4 Å².